The third kappa shape index (κ3) is 2.17. The van der Waals surface area contributed by atoms with Crippen LogP contribution in [0.3, 0.4) is 0 Å². The monoisotopic (exact) mass is 263 g/mol. The molecule has 2 bridgehead atoms. The van der Waals surface area contributed by atoms with Gasteiger partial charge >= 0.3 is 5.97 Å². The zero-order valence-corrected chi connectivity index (χ0v) is 11.1. The summed E-state index contributed by atoms with van der Waals surface area (Å²) >= 11 is 0. The highest BCUT2D eigenvalue weighted by atomic mass is 16.4. The van der Waals surface area contributed by atoms with Crippen molar-refractivity contribution in [2.24, 2.45) is 23.7 Å². The summed E-state index contributed by atoms with van der Waals surface area (Å²) in [4.78, 5) is 26.1. The van der Waals surface area contributed by atoms with Gasteiger partial charge in [0.25, 0.3) is 0 Å². The van der Waals surface area contributed by atoms with Gasteiger partial charge in [0.05, 0.1) is 11.8 Å². The van der Waals surface area contributed by atoms with Crippen LogP contribution in [0.4, 0.5) is 0 Å². The predicted molar refractivity (Wildman–Crippen MR) is 70.4 cm³/mol. The van der Waals surface area contributed by atoms with E-state index >= 15 is 0 Å². The van der Waals surface area contributed by atoms with E-state index in [0.29, 0.717) is 0 Å². The molecule has 0 spiro atoms. The number of rotatable bonds is 2. The van der Waals surface area contributed by atoms with Crippen LogP contribution in [0.25, 0.3) is 0 Å². The number of allylic oxidation sites excluding steroid dienone is 2. The zero-order valence-electron chi connectivity index (χ0n) is 11.1. The second-order valence-electron chi connectivity index (χ2n) is 6.08. The van der Waals surface area contributed by atoms with Crippen LogP contribution >= 0.6 is 0 Å². The van der Waals surface area contributed by atoms with Crippen molar-refractivity contribution in [2.75, 3.05) is 13.1 Å². The maximum atomic E-state index is 12.7. The fourth-order valence-corrected chi connectivity index (χ4v) is 4.00. The molecule has 2 fully saturated rings. The van der Waals surface area contributed by atoms with Crippen molar-refractivity contribution in [1.82, 2.24) is 4.90 Å². The highest BCUT2D eigenvalue weighted by Gasteiger charge is 2.52. The van der Waals surface area contributed by atoms with Crippen molar-refractivity contribution in [2.45, 2.75) is 32.1 Å². The Morgan fingerprint density at radius 3 is 2.11 bits per heavy atom. The van der Waals surface area contributed by atoms with E-state index in [2.05, 4.69) is 6.08 Å². The second-order valence-corrected chi connectivity index (χ2v) is 6.08. The van der Waals surface area contributed by atoms with Gasteiger partial charge in [0, 0.05) is 13.1 Å². The highest BCUT2D eigenvalue weighted by Crippen LogP contribution is 2.48. The lowest BCUT2D eigenvalue weighted by Gasteiger charge is -2.30. The fraction of sp³-hybridized carbons (Fsp3) is 0.733. The van der Waals surface area contributed by atoms with E-state index in [-0.39, 0.29) is 23.7 Å². The predicted octanol–water partition coefficient (Wildman–Crippen LogP) is 1.91. The number of hydrogen-bond donors (Lipinski definition) is 1. The first kappa shape index (κ1) is 12.7. The molecule has 1 heterocycles. The lowest BCUT2D eigenvalue weighted by atomic mass is 9.82. The van der Waals surface area contributed by atoms with E-state index in [1.807, 2.05) is 11.0 Å². The van der Waals surface area contributed by atoms with Gasteiger partial charge in [-0.2, -0.15) is 0 Å². The molecule has 19 heavy (non-hydrogen) atoms. The van der Waals surface area contributed by atoms with Crippen LogP contribution in [0.15, 0.2) is 12.2 Å². The molecule has 4 nitrogen and oxygen atoms in total. The van der Waals surface area contributed by atoms with Crippen LogP contribution in [-0.4, -0.2) is 35.0 Å². The lowest BCUT2D eigenvalue weighted by molar-refractivity contribution is -0.151. The first-order valence-corrected chi connectivity index (χ1v) is 7.38. The van der Waals surface area contributed by atoms with Gasteiger partial charge in [-0.3, -0.25) is 9.59 Å². The Kier molecular flexibility index (Phi) is 3.33. The minimum atomic E-state index is -0.801. The van der Waals surface area contributed by atoms with E-state index in [1.54, 1.807) is 0 Å². The Hall–Kier alpha value is -1.32. The maximum Gasteiger partial charge on any atom is 0.307 e. The molecule has 104 valence electrons. The Morgan fingerprint density at radius 1 is 0.947 bits per heavy atom. The summed E-state index contributed by atoms with van der Waals surface area (Å²) in [6, 6.07) is 0. The molecule has 0 radical (unpaired) electrons. The Morgan fingerprint density at radius 2 is 1.53 bits per heavy atom. The Labute approximate surface area is 113 Å². The van der Waals surface area contributed by atoms with Crippen LogP contribution in [0, 0.1) is 23.7 Å². The number of nitrogens with zero attached hydrogens (tertiary/aromatic N) is 1. The summed E-state index contributed by atoms with van der Waals surface area (Å²) < 4.78 is 0. The number of likely N-dealkylation sites (tertiary alicyclic amines) is 1. The number of carbonyl (C=O) groups excluding carboxylic acids is 1. The first-order valence-electron chi connectivity index (χ1n) is 7.38. The van der Waals surface area contributed by atoms with Gasteiger partial charge in [-0.15, -0.1) is 0 Å². The molecule has 0 aromatic rings. The minimum Gasteiger partial charge on any atom is -0.481 e. The molecule has 1 saturated heterocycles. The maximum absolute atomic E-state index is 12.7. The van der Waals surface area contributed by atoms with Crippen molar-refractivity contribution in [3.63, 3.8) is 0 Å². The van der Waals surface area contributed by atoms with Gasteiger partial charge in [0.1, 0.15) is 0 Å². The quantitative estimate of drug-likeness (QED) is 0.774. The van der Waals surface area contributed by atoms with Crippen LogP contribution in [0.5, 0.6) is 0 Å². The molecule has 3 aliphatic rings. The average Bonchev–Trinajstić information content (AvgIpc) is 2.89. The van der Waals surface area contributed by atoms with Crippen molar-refractivity contribution in [1.29, 1.82) is 0 Å². The molecule has 2 aliphatic carbocycles. The third-order valence-corrected chi connectivity index (χ3v) is 4.95. The molecule has 1 saturated carbocycles. The van der Waals surface area contributed by atoms with Gasteiger partial charge in [-0.25, -0.2) is 0 Å². The Bertz CT molecular complexity index is 410. The average molecular weight is 263 g/mol. The summed E-state index contributed by atoms with van der Waals surface area (Å²) in [5.41, 5.74) is 0. The van der Waals surface area contributed by atoms with Crippen LogP contribution < -0.4 is 0 Å². The van der Waals surface area contributed by atoms with E-state index in [0.717, 1.165) is 32.4 Å². The largest absolute Gasteiger partial charge is 0.481 e. The number of amides is 1. The Balaban J connectivity index is 1.78. The molecule has 4 heteroatoms. The third-order valence-electron chi connectivity index (χ3n) is 4.95. The number of carboxylic acid groups (broad SMARTS) is 1. The lowest BCUT2D eigenvalue weighted by Crippen LogP contribution is -2.43. The topological polar surface area (TPSA) is 57.6 Å². The SMILES string of the molecule is O=C(O)[C@@H]1[C@@H](C(=O)N2CCCCCC2)[C@H]2C=C[C@H]1C2. The standard InChI is InChI=1S/C15H21NO3/c17-14(16-7-3-1-2-4-8-16)12-10-5-6-11(9-10)13(12)15(18)19/h5-6,10-13H,1-4,7-9H2,(H,18,19)/t10-,11-,12-,13-/m0/s1. The molecule has 0 unspecified atom stereocenters. The molecule has 0 aromatic carbocycles. The van der Waals surface area contributed by atoms with E-state index < -0.39 is 11.9 Å². The van der Waals surface area contributed by atoms with Crippen LogP contribution in [0.1, 0.15) is 32.1 Å². The van der Waals surface area contributed by atoms with E-state index in [1.165, 1.54) is 12.8 Å². The summed E-state index contributed by atoms with van der Waals surface area (Å²) in [5, 5.41) is 9.40. The summed E-state index contributed by atoms with van der Waals surface area (Å²) in [5.74, 6) is -1.29. The van der Waals surface area contributed by atoms with Crippen LogP contribution in [-0.2, 0) is 9.59 Å². The molecular formula is C15H21NO3. The number of hydrogen-bond acceptors (Lipinski definition) is 2. The smallest absolute Gasteiger partial charge is 0.307 e. The van der Waals surface area contributed by atoms with Crippen molar-refractivity contribution in [3.8, 4) is 0 Å². The van der Waals surface area contributed by atoms with Crippen molar-refractivity contribution < 1.29 is 14.7 Å². The number of fused-ring (bicyclic) bond motifs is 2. The molecule has 1 amide bonds. The first-order chi connectivity index (χ1) is 9.18. The molecule has 0 aromatic heterocycles. The van der Waals surface area contributed by atoms with Gasteiger partial charge < -0.3 is 10.0 Å². The molecule has 1 aliphatic heterocycles. The molecular weight excluding hydrogens is 242 g/mol. The zero-order chi connectivity index (χ0) is 13.4. The van der Waals surface area contributed by atoms with Gasteiger partial charge in [0.2, 0.25) is 5.91 Å². The van der Waals surface area contributed by atoms with E-state index in [9.17, 15) is 14.7 Å². The number of carboxylic acids is 1. The van der Waals surface area contributed by atoms with Crippen molar-refractivity contribution >= 4 is 11.9 Å². The van der Waals surface area contributed by atoms with Crippen molar-refractivity contribution in [3.05, 3.63) is 12.2 Å². The second kappa shape index (κ2) is 4.99. The van der Waals surface area contributed by atoms with Gasteiger partial charge in [-0.05, 0) is 31.1 Å². The van der Waals surface area contributed by atoms with Gasteiger partial charge in [-0.1, -0.05) is 25.0 Å². The van der Waals surface area contributed by atoms with E-state index in [4.69, 9.17) is 0 Å². The highest BCUT2D eigenvalue weighted by molar-refractivity contribution is 5.87. The fourth-order valence-electron chi connectivity index (χ4n) is 4.00. The van der Waals surface area contributed by atoms with Gasteiger partial charge in [0.15, 0.2) is 0 Å². The molecule has 4 atom stereocenters. The normalized spacial score (nSPS) is 37.4. The molecule has 3 rings (SSSR count). The van der Waals surface area contributed by atoms with Crippen LogP contribution in [0.2, 0.25) is 0 Å². The summed E-state index contributed by atoms with van der Waals surface area (Å²) in [6.07, 6.45) is 9.38. The summed E-state index contributed by atoms with van der Waals surface area (Å²) in [7, 11) is 0. The summed E-state index contributed by atoms with van der Waals surface area (Å²) in [6.45, 7) is 1.62. The number of carbonyl (C=O) groups is 2. The molecule has 1 N–H and O–H groups in total. The number of aliphatic carboxylic acids is 1. The minimum absolute atomic E-state index is 0.0726.